The minimum Gasteiger partial charge on any atom is -0.469 e. The molecule has 0 unspecified atom stereocenters. The molecule has 3 fully saturated rings. The summed E-state index contributed by atoms with van der Waals surface area (Å²) in [7, 11) is -4.23. The lowest BCUT2D eigenvalue weighted by molar-refractivity contribution is -0.182. The first-order valence-corrected chi connectivity index (χ1v) is 16.5. The van der Waals surface area contributed by atoms with Crippen LogP contribution < -0.4 is 0 Å². The quantitative estimate of drug-likeness (QED) is 0.141. The third-order valence-corrected chi connectivity index (χ3v) is 14.2. The van der Waals surface area contributed by atoms with E-state index < -0.39 is 26.5 Å². The largest absolute Gasteiger partial charge is 0.534 e. The van der Waals surface area contributed by atoms with Crippen LogP contribution in [0.5, 0.6) is 0 Å². The lowest BCUT2D eigenvalue weighted by atomic mass is 9.34. The van der Waals surface area contributed by atoms with Crippen molar-refractivity contribution in [2.75, 3.05) is 7.11 Å². The van der Waals surface area contributed by atoms with Crippen LogP contribution >= 0.6 is 0 Å². The van der Waals surface area contributed by atoms with Crippen molar-refractivity contribution in [3.8, 4) is 0 Å². The maximum atomic E-state index is 13.4. The molecule has 5 aliphatic rings. The van der Waals surface area contributed by atoms with Crippen molar-refractivity contribution in [1.82, 2.24) is 0 Å². The van der Waals surface area contributed by atoms with Crippen molar-refractivity contribution in [2.45, 2.75) is 112 Å². The number of halogens is 3. The number of carbonyl (C=O) groups is 1. The van der Waals surface area contributed by atoms with E-state index >= 15 is 0 Å². The van der Waals surface area contributed by atoms with E-state index in [-0.39, 0.29) is 51.1 Å². The molecule has 41 heavy (non-hydrogen) atoms. The number of fused-ring (bicyclic) bond motifs is 7. The van der Waals surface area contributed by atoms with E-state index in [4.69, 9.17) is 8.92 Å². The second-order valence-corrected chi connectivity index (χ2v) is 17.4. The molecule has 5 aliphatic carbocycles. The molecule has 0 N–H and O–H groups in total. The van der Waals surface area contributed by atoms with Crippen LogP contribution in [-0.4, -0.2) is 27.0 Å². The molecule has 0 bridgehead atoms. The molecule has 0 aromatic carbocycles. The highest BCUT2D eigenvalue weighted by molar-refractivity contribution is 7.87. The standard InChI is InChI=1S/C32H47F3O5S/c1-26(2)15-17-31(25(36)39-8)18-16-29(6)20(21(31)19-26)9-10-23-28(5)13-12-24(40-41(37,38)32(33,34)35)27(3,4)22(28)11-14-30(23,29)7/h9,12,21-23H,10-11,13-19H2,1-8H3/t21-,22-,23+,28-,29+,30+,31-/m0/s1. The highest BCUT2D eigenvalue weighted by atomic mass is 32.2. The normalized spacial score (nSPS) is 43.2. The number of allylic oxidation sites excluding steroid dienone is 4. The van der Waals surface area contributed by atoms with Crippen LogP contribution in [0.15, 0.2) is 23.5 Å². The number of ether oxygens (including phenoxy) is 1. The Hall–Kier alpha value is -1.51. The first kappa shape index (κ1) is 30.9. The first-order valence-electron chi connectivity index (χ1n) is 15.1. The number of rotatable bonds is 3. The first-order chi connectivity index (χ1) is 18.6. The average Bonchev–Trinajstić information content (AvgIpc) is 2.84. The summed E-state index contributed by atoms with van der Waals surface area (Å²) >= 11 is 0. The van der Waals surface area contributed by atoms with Crippen molar-refractivity contribution in [1.29, 1.82) is 0 Å². The second kappa shape index (κ2) is 9.01. The van der Waals surface area contributed by atoms with Gasteiger partial charge in [0.05, 0.1) is 12.5 Å². The summed E-state index contributed by atoms with van der Waals surface area (Å²) in [6, 6.07) is 0. The van der Waals surface area contributed by atoms with Crippen molar-refractivity contribution in [3.63, 3.8) is 0 Å². The van der Waals surface area contributed by atoms with Gasteiger partial charge in [0.15, 0.2) is 0 Å². The Morgan fingerprint density at radius 3 is 2.17 bits per heavy atom. The minimum absolute atomic E-state index is 0.0403. The van der Waals surface area contributed by atoms with Crippen LogP contribution in [0.3, 0.4) is 0 Å². The lowest BCUT2D eigenvalue weighted by Crippen LogP contribution is -2.63. The summed E-state index contributed by atoms with van der Waals surface area (Å²) < 4.78 is 73.8. The molecule has 0 aliphatic heterocycles. The zero-order valence-corrected chi connectivity index (χ0v) is 26.7. The van der Waals surface area contributed by atoms with Gasteiger partial charge in [0.1, 0.15) is 5.76 Å². The maximum Gasteiger partial charge on any atom is 0.534 e. The number of esters is 1. The Morgan fingerprint density at radius 1 is 0.927 bits per heavy atom. The molecule has 0 heterocycles. The summed E-state index contributed by atoms with van der Waals surface area (Å²) in [5.74, 6) is 0.173. The fraction of sp³-hybridized carbons (Fsp3) is 0.844. The van der Waals surface area contributed by atoms with Gasteiger partial charge in [-0.2, -0.15) is 21.6 Å². The third kappa shape index (κ3) is 4.12. The van der Waals surface area contributed by atoms with Gasteiger partial charge in [0.2, 0.25) is 0 Å². The molecule has 5 nitrogen and oxygen atoms in total. The summed E-state index contributed by atoms with van der Waals surface area (Å²) in [4.78, 5) is 13.4. The molecule has 0 amide bonds. The maximum absolute atomic E-state index is 13.4. The predicted octanol–water partition coefficient (Wildman–Crippen LogP) is 8.32. The van der Waals surface area contributed by atoms with Gasteiger partial charge >= 0.3 is 21.6 Å². The van der Waals surface area contributed by atoms with E-state index in [1.807, 2.05) is 13.8 Å². The Morgan fingerprint density at radius 2 is 1.56 bits per heavy atom. The number of carbonyl (C=O) groups excluding carboxylic acids is 1. The van der Waals surface area contributed by atoms with Gasteiger partial charge in [-0.15, -0.1) is 0 Å². The highest BCUT2D eigenvalue weighted by Gasteiger charge is 2.69. The second-order valence-electron chi connectivity index (χ2n) is 15.8. The summed E-state index contributed by atoms with van der Waals surface area (Å²) in [5, 5.41) is 0. The van der Waals surface area contributed by atoms with E-state index in [1.54, 1.807) is 6.08 Å². The average molecular weight is 601 g/mol. The Labute approximate surface area is 243 Å². The molecular weight excluding hydrogens is 553 g/mol. The van der Waals surface area contributed by atoms with Gasteiger partial charge < -0.3 is 8.92 Å². The zero-order chi connectivity index (χ0) is 30.7. The fourth-order valence-corrected chi connectivity index (χ4v) is 11.3. The molecule has 5 rings (SSSR count). The summed E-state index contributed by atoms with van der Waals surface area (Å²) in [5.41, 5.74) is -5.73. The fourth-order valence-electron chi connectivity index (χ4n) is 10.7. The van der Waals surface area contributed by atoms with Gasteiger partial charge in [-0.3, -0.25) is 4.79 Å². The van der Waals surface area contributed by atoms with Crippen LogP contribution in [0.25, 0.3) is 0 Å². The van der Waals surface area contributed by atoms with Gasteiger partial charge in [-0.1, -0.05) is 60.1 Å². The monoisotopic (exact) mass is 600 g/mol. The zero-order valence-electron chi connectivity index (χ0n) is 25.8. The van der Waals surface area contributed by atoms with E-state index in [1.165, 1.54) is 12.7 Å². The third-order valence-electron chi connectivity index (χ3n) is 13.2. The number of alkyl halides is 3. The van der Waals surface area contributed by atoms with E-state index in [2.05, 4.69) is 40.7 Å². The van der Waals surface area contributed by atoms with E-state index in [9.17, 15) is 26.4 Å². The molecular formula is C32H47F3O5S. The SMILES string of the molecule is COC(=O)[C@]12CCC(C)(C)C[C@H]1C1=CC[C@@H]3[C@@]4(C)CC=C(OS(=O)(=O)C(F)(F)F)C(C)(C)[C@@H]4CC[C@@]3(C)[C@]1(C)CC2. The molecule has 0 saturated heterocycles. The Balaban J connectivity index is 1.55. The van der Waals surface area contributed by atoms with Crippen molar-refractivity contribution in [3.05, 3.63) is 23.5 Å². The molecule has 9 heteroatoms. The predicted molar refractivity (Wildman–Crippen MR) is 151 cm³/mol. The molecule has 0 aromatic heterocycles. The van der Waals surface area contributed by atoms with Gasteiger partial charge in [0, 0.05) is 5.41 Å². The molecule has 0 aromatic rings. The van der Waals surface area contributed by atoms with Crippen LogP contribution in [0, 0.1) is 50.2 Å². The summed E-state index contributed by atoms with van der Waals surface area (Å²) in [6.07, 6.45) is 11.5. The topological polar surface area (TPSA) is 69.7 Å². The van der Waals surface area contributed by atoms with Crippen LogP contribution in [-0.2, 0) is 23.8 Å². The minimum atomic E-state index is -5.74. The van der Waals surface area contributed by atoms with Crippen molar-refractivity contribution in [2.24, 2.45) is 50.2 Å². The van der Waals surface area contributed by atoms with Crippen molar-refractivity contribution >= 4 is 16.1 Å². The number of hydrogen-bond donors (Lipinski definition) is 0. The number of methoxy groups -OCH3 is 1. The molecule has 7 atom stereocenters. The molecule has 3 saturated carbocycles. The van der Waals surface area contributed by atoms with Crippen molar-refractivity contribution < 1.29 is 35.3 Å². The van der Waals surface area contributed by atoms with Crippen LogP contribution in [0.1, 0.15) is 106 Å². The molecule has 0 radical (unpaired) electrons. The summed E-state index contributed by atoms with van der Waals surface area (Å²) in [6.45, 7) is 15.3. The van der Waals surface area contributed by atoms with Gasteiger partial charge in [-0.25, -0.2) is 0 Å². The Kier molecular flexibility index (Phi) is 6.80. The van der Waals surface area contributed by atoms with E-state index in [0.29, 0.717) is 6.42 Å². The Bertz CT molecular complexity index is 1300. The smallest absolute Gasteiger partial charge is 0.469 e. The number of hydrogen-bond acceptors (Lipinski definition) is 5. The van der Waals surface area contributed by atoms with Crippen LogP contribution in [0.4, 0.5) is 13.2 Å². The van der Waals surface area contributed by atoms with Gasteiger partial charge in [-0.05, 0) is 103 Å². The molecule has 232 valence electrons. The molecule has 0 spiro atoms. The highest BCUT2D eigenvalue weighted by Crippen LogP contribution is 2.75. The van der Waals surface area contributed by atoms with E-state index in [0.717, 1.165) is 51.4 Å². The van der Waals surface area contributed by atoms with Crippen LogP contribution in [0.2, 0.25) is 0 Å². The van der Waals surface area contributed by atoms with Gasteiger partial charge in [0.25, 0.3) is 0 Å². The lowest BCUT2D eigenvalue weighted by Gasteiger charge is -2.70.